The molecule has 1 aromatic heterocycles. The van der Waals surface area contributed by atoms with Crippen LogP contribution in [0.5, 0.6) is 0 Å². The lowest BCUT2D eigenvalue weighted by Gasteiger charge is -2.28. The van der Waals surface area contributed by atoms with Gasteiger partial charge in [0.1, 0.15) is 6.54 Å². The summed E-state index contributed by atoms with van der Waals surface area (Å²) >= 11 is 0. The summed E-state index contributed by atoms with van der Waals surface area (Å²) in [5.74, 6) is -0.852. The summed E-state index contributed by atoms with van der Waals surface area (Å²) in [5, 5.41) is 10.8. The molecule has 1 atom stereocenters. The lowest BCUT2D eigenvalue weighted by atomic mass is 10.2. The molecule has 8 heteroatoms. The van der Waals surface area contributed by atoms with E-state index in [-0.39, 0.29) is 29.8 Å². The molecule has 1 unspecified atom stereocenters. The van der Waals surface area contributed by atoms with Crippen LogP contribution < -0.4 is 5.76 Å². The van der Waals surface area contributed by atoms with Crippen LogP contribution in [-0.2, 0) is 11.3 Å². The van der Waals surface area contributed by atoms with Crippen molar-refractivity contribution in [3.8, 4) is 0 Å². The fourth-order valence-electron chi connectivity index (χ4n) is 2.68. The van der Waals surface area contributed by atoms with Gasteiger partial charge in [0.05, 0.1) is 16.5 Å². The first-order chi connectivity index (χ1) is 11.9. The SMILES string of the molecule is CCCCN(C(=O)Cn1c(=O)oc2cc([N+](=O)[O-])ccc21)C(C)CC. The van der Waals surface area contributed by atoms with Crippen LogP contribution in [0, 0.1) is 10.1 Å². The van der Waals surface area contributed by atoms with Crippen molar-refractivity contribution in [1.29, 1.82) is 0 Å². The lowest BCUT2D eigenvalue weighted by Crippen LogP contribution is -2.41. The number of benzene rings is 1. The van der Waals surface area contributed by atoms with Crippen LogP contribution in [0.3, 0.4) is 0 Å². The van der Waals surface area contributed by atoms with E-state index in [0.29, 0.717) is 12.1 Å². The van der Waals surface area contributed by atoms with Gasteiger partial charge < -0.3 is 9.32 Å². The third-order valence-corrected chi connectivity index (χ3v) is 4.35. The van der Waals surface area contributed by atoms with Gasteiger partial charge in [0.15, 0.2) is 5.58 Å². The van der Waals surface area contributed by atoms with Gasteiger partial charge in [-0.1, -0.05) is 20.3 Å². The summed E-state index contributed by atoms with van der Waals surface area (Å²) in [7, 11) is 0. The zero-order valence-electron chi connectivity index (χ0n) is 14.7. The zero-order valence-corrected chi connectivity index (χ0v) is 14.7. The molecule has 1 aromatic carbocycles. The third-order valence-electron chi connectivity index (χ3n) is 4.35. The second-order valence-corrected chi connectivity index (χ2v) is 6.06. The molecule has 0 bridgehead atoms. The molecular formula is C17H23N3O5. The average Bonchev–Trinajstić information content (AvgIpc) is 2.89. The Balaban J connectivity index is 2.31. The molecular weight excluding hydrogens is 326 g/mol. The molecule has 136 valence electrons. The van der Waals surface area contributed by atoms with Crippen LogP contribution in [0.4, 0.5) is 5.69 Å². The van der Waals surface area contributed by atoms with Crippen molar-refractivity contribution >= 4 is 22.7 Å². The van der Waals surface area contributed by atoms with Gasteiger partial charge in [-0.2, -0.15) is 0 Å². The number of carbonyl (C=O) groups excluding carboxylic acids is 1. The molecule has 0 N–H and O–H groups in total. The van der Waals surface area contributed by atoms with E-state index < -0.39 is 10.7 Å². The number of nitrogens with zero attached hydrogens (tertiary/aromatic N) is 3. The fourth-order valence-corrected chi connectivity index (χ4v) is 2.68. The highest BCUT2D eigenvalue weighted by Gasteiger charge is 2.22. The lowest BCUT2D eigenvalue weighted by molar-refractivity contribution is -0.384. The highest BCUT2D eigenvalue weighted by molar-refractivity contribution is 5.80. The monoisotopic (exact) mass is 349 g/mol. The number of fused-ring (bicyclic) bond motifs is 1. The van der Waals surface area contributed by atoms with Gasteiger partial charge in [0.2, 0.25) is 5.91 Å². The number of non-ortho nitro benzene ring substituents is 1. The van der Waals surface area contributed by atoms with E-state index >= 15 is 0 Å². The van der Waals surface area contributed by atoms with Gasteiger partial charge in [-0.25, -0.2) is 4.79 Å². The molecule has 0 radical (unpaired) electrons. The van der Waals surface area contributed by atoms with E-state index in [2.05, 4.69) is 6.92 Å². The Hall–Kier alpha value is -2.64. The minimum atomic E-state index is -0.691. The van der Waals surface area contributed by atoms with Crippen molar-refractivity contribution in [2.45, 2.75) is 52.6 Å². The van der Waals surface area contributed by atoms with E-state index in [9.17, 15) is 19.7 Å². The predicted octanol–water partition coefficient (Wildman–Crippen LogP) is 2.93. The van der Waals surface area contributed by atoms with Gasteiger partial charge in [-0.15, -0.1) is 0 Å². The topological polar surface area (TPSA) is 98.6 Å². The van der Waals surface area contributed by atoms with Crippen molar-refractivity contribution in [3.05, 3.63) is 38.9 Å². The van der Waals surface area contributed by atoms with Crippen LogP contribution >= 0.6 is 0 Å². The molecule has 8 nitrogen and oxygen atoms in total. The third kappa shape index (κ3) is 4.07. The van der Waals surface area contributed by atoms with Crippen LogP contribution in [-0.4, -0.2) is 32.9 Å². The summed E-state index contributed by atoms with van der Waals surface area (Å²) in [5.41, 5.74) is 0.322. The highest BCUT2D eigenvalue weighted by Crippen LogP contribution is 2.20. The molecule has 1 heterocycles. The Morgan fingerprint density at radius 3 is 2.72 bits per heavy atom. The van der Waals surface area contributed by atoms with Gasteiger partial charge in [-0.3, -0.25) is 19.5 Å². The first-order valence-corrected chi connectivity index (χ1v) is 8.46. The fraction of sp³-hybridized carbons (Fsp3) is 0.529. The van der Waals surface area contributed by atoms with E-state index in [1.807, 2.05) is 13.8 Å². The molecule has 0 aliphatic heterocycles. The molecule has 0 spiro atoms. The predicted molar refractivity (Wildman–Crippen MR) is 93.5 cm³/mol. The number of rotatable bonds is 8. The normalized spacial score (nSPS) is 12.3. The first kappa shape index (κ1) is 18.7. The van der Waals surface area contributed by atoms with Crippen molar-refractivity contribution in [2.75, 3.05) is 6.54 Å². The number of unbranched alkanes of at least 4 members (excludes halogenated alkanes) is 1. The van der Waals surface area contributed by atoms with Crippen molar-refractivity contribution < 1.29 is 14.1 Å². The molecule has 0 saturated carbocycles. The molecule has 1 amide bonds. The number of oxazole rings is 1. The Kier molecular flexibility index (Phi) is 5.95. The summed E-state index contributed by atoms with van der Waals surface area (Å²) in [6, 6.07) is 4.00. The van der Waals surface area contributed by atoms with Crippen molar-refractivity contribution in [3.63, 3.8) is 0 Å². The van der Waals surface area contributed by atoms with Crippen LogP contribution in [0.15, 0.2) is 27.4 Å². The Labute approximate surface area is 145 Å². The molecule has 2 rings (SSSR count). The highest BCUT2D eigenvalue weighted by atomic mass is 16.6. The molecule has 0 saturated heterocycles. The smallest absolute Gasteiger partial charge is 0.407 e. The largest absolute Gasteiger partial charge is 0.420 e. The van der Waals surface area contributed by atoms with E-state index in [0.717, 1.165) is 19.3 Å². The van der Waals surface area contributed by atoms with Crippen LogP contribution in [0.25, 0.3) is 11.1 Å². The van der Waals surface area contributed by atoms with E-state index in [4.69, 9.17) is 4.42 Å². The second-order valence-electron chi connectivity index (χ2n) is 6.06. The summed E-state index contributed by atoms with van der Waals surface area (Å²) in [6.07, 6.45) is 2.68. The summed E-state index contributed by atoms with van der Waals surface area (Å²) < 4.78 is 6.30. The molecule has 25 heavy (non-hydrogen) atoms. The Bertz CT molecular complexity index is 823. The van der Waals surface area contributed by atoms with Gasteiger partial charge in [0.25, 0.3) is 5.69 Å². The van der Waals surface area contributed by atoms with Gasteiger partial charge in [0, 0.05) is 18.7 Å². The summed E-state index contributed by atoms with van der Waals surface area (Å²) in [6.45, 7) is 6.54. The second kappa shape index (κ2) is 7.96. The first-order valence-electron chi connectivity index (χ1n) is 8.46. The van der Waals surface area contributed by atoms with Gasteiger partial charge in [-0.05, 0) is 25.8 Å². The number of nitro groups is 1. The Morgan fingerprint density at radius 1 is 1.40 bits per heavy atom. The summed E-state index contributed by atoms with van der Waals surface area (Å²) in [4.78, 5) is 36.8. The average molecular weight is 349 g/mol. The standard InChI is InChI=1S/C17H23N3O5/c1-4-6-9-18(12(3)5-2)16(21)11-19-14-8-7-13(20(23)24)10-15(14)25-17(19)22/h7-8,10,12H,4-6,9,11H2,1-3H3. The maximum absolute atomic E-state index is 12.7. The molecule has 2 aromatic rings. The van der Waals surface area contributed by atoms with Crippen LogP contribution in [0.1, 0.15) is 40.0 Å². The van der Waals surface area contributed by atoms with Crippen molar-refractivity contribution in [1.82, 2.24) is 9.47 Å². The number of aromatic nitrogens is 1. The quantitative estimate of drug-likeness (QED) is 0.539. The molecule has 0 fully saturated rings. The van der Waals surface area contributed by atoms with Crippen LogP contribution in [0.2, 0.25) is 0 Å². The number of nitro benzene ring substituents is 1. The maximum Gasteiger partial charge on any atom is 0.420 e. The van der Waals surface area contributed by atoms with Gasteiger partial charge >= 0.3 is 5.76 Å². The minimum Gasteiger partial charge on any atom is -0.407 e. The minimum absolute atomic E-state index is 0.0778. The molecule has 0 aliphatic carbocycles. The number of hydrogen-bond donors (Lipinski definition) is 0. The maximum atomic E-state index is 12.7. The zero-order chi connectivity index (χ0) is 18.6. The Morgan fingerprint density at radius 2 is 2.12 bits per heavy atom. The number of carbonyl (C=O) groups is 1. The van der Waals surface area contributed by atoms with Crippen molar-refractivity contribution in [2.24, 2.45) is 0 Å². The van der Waals surface area contributed by atoms with E-state index in [1.54, 1.807) is 4.90 Å². The number of amides is 1. The number of hydrogen-bond acceptors (Lipinski definition) is 5. The molecule has 0 aliphatic rings. The van der Waals surface area contributed by atoms with E-state index in [1.165, 1.54) is 22.8 Å².